The molecule has 1 aliphatic heterocycles. The van der Waals surface area contributed by atoms with Crippen molar-refractivity contribution < 1.29 is 9.59 Å². The Labute approximate surface area is 140 Å². The van der Waals surface area contributed by atoms with E-state index >= 15 is 0 Å². The quantitative estimate of drug-likeness (QED) is 0.630. The van der Waals surface area contributed by atoms with Gasteiger partial charge >= 0.3 is 6.03 Å². The molecule has 0 aliphatic carbocycles. The summed E-state index contributed by atoms with van der Waals surface area (Å²) in [6, 6.07) is 13.5. The smallest absolute Gasteiger partial charge is 0.302 e. The van der Waals surface area contributed by atoms with E-state index in [0.29, 0.717) is 10.7 Å². The highest BCUT2D eigenvalue weighted by atomic mass is 79.9. The number of benzene rings is 2. The highest BCUT2D eigenvalue weighted by Gasteiger charge is 2.34. The molecule has 0 atom stereocenters. The van der Waals surface area contributed by atoms with Gasteiger partial charge < -0.3 is 5.32 Å². The Balaban J connectivity index is 1.95. The van der Waals surface area contributed by atoms with Crippen molar-refractivity contribution in [2.45, 2.75) is 0 Å². The van der Waals surface area contributed by atoms with E-state index in [1.54, 1.807) is 30.3 Å². The number of nitrogens with zero attached hydrogens (tertiary/aromatic N) is 1. The van der Waals surface area contributed by atoms with Gasteiger partial charge in [0.05, 0.1) is 5.69 Å². The minimum atomic E-state index is -0.492. The molecule has 4 nitrogen and oxygen atoms in total. The molecule has 1 N–H and O–H groups in total. The van der Waals surface area contributed by atoms with Crippen LogP contribution in [0.25, 0.3) is 6.08 Å². The first-order valence-corrected chi connectivity index (χ1v) is 7.60. The van der Waals surface area contributed by atoms with Crippen LogP contribution >= 0.6 is 27.5 Å². The van der Waals surface area contributed by atoms with Gasteiger partial charge in [0.25, 0.3) is 5.91 Å². The summed E-state index contributed by atoms with van der Waals surface area (Å²) in [5, 5.41) is 3.04. The summed E-state index contributed by atoms with van der Waals surface area (Å²) >= 11 is 9.28. The van der Waals surface area contributed by atoms with E-state index in [2.05, 4.69) is 21.2 Å². The van der Waals surface area contributed by atoms with Crippen molar-refractivity contribution in [2.24, 2.45) is 0 Å². The minimum Gasteiger partial charge on any atom is -0.302 e. The average molecular weight is 378 g/mol. The van der Waals surface area contributed by atoms with Crippen LogP contribution < -0.4 is 10.2 Å². The summed E-state index contributed by atoms with van der Waals surface area (Å²) in [5.41, 5.74) is 1.47. The first kappa shape index (κ1) is 14.8. The van der Waals surface area contributed by atoms with E-state index in [9.17, 15) is 9.59 Å². The number of nitrogens with one attached hydrogen (secondary N) is 1. The van der Waals surface area contributed by atoms with E-state index in [4.69, 9.17) is 11.6 Å². The van der Waals surface area contributed by atoms with Crippen LogP contribution in [0.3, 0.4) is 0 Å². The van der Waals surface area contributed by atoms with Crippen molar-refractivity contribution >= 4 is 51.2 Å². The van der Waals surface area contributed by atoms with E-state index < -0.39 is 11.9 Å². The maximum Gasteiger partial charge on any atom is 0.333 e. The van der Waals surface area contributed by atoms with E-state index in [-0.39, 0.29) is 5.70 Å². The SMILES string of the molecule is O=C1N/C(=C/c2cccc(Br)c2)C(=O)N1c1cccc(Cl)c1. The highest BCUT2D eigenvalue weighted by molar-refractivity contribution is 9.10. The fourth-order valence-corrected chi connectivity index (χ4v) is 2.75. The van der Waals surface area contributed by atoms with Crippen LogP contribution in [0.4, 0.5) is 10.5 Å². The summed E-state index contributed by atoms with van der Waals surface area (Å²) in [5.74, 6) is -0.410. The van der Waals surface area contributed by atoms with Crippen molar-refractivity contribution in [2.75, 3.05) is 4.90 Å². The fraction of sp³-hybridized carbons (Fsp3) is 0. The second-order valence-corrected chi connectivity index (χ2v) is 6.02. The highest BCUT2D eigenvalue weighted by Crippen LogP contribution is 2.25. The molecule has 0 radical (unpaired) electrons. The van der Waals surface area contributed by atoms with E-state index in [0.717, 1.165) is 14.9 Å². The normalized spacial score (nSPS) is 16.3. The molecule has 2 aromatic rings. The van der Waals surface area contributed by atoms with Crippen LogP contribution in [0, 0.1) is 0 Å². The number of hydrogen-bond donors (Lipinski definition) is 1. The lowest BCUT2D eigenvalue weighted by Gasteiger charge is -2.11. The first-order chi connectivity index (χ1) is 10.5. The van der Waals surface area contributed by atoms with Crippen LogP contribution in [0.5, 0.6) is 0 Å². The van der Waals surface area contributed by atoms with Gasteiger partial charge in [-0.05, 0) is 42.0 Å². The number of hydrogen-bond acceptors (Lipinski definition) is 2. The number of carbonyl (C=O) groups is 2. The molecule has 0 saturated carbocycles. The first-order valence-electron chi connectivity index (χ1n) is 6.43. The minimum absolute atomic E-state index is 0.225. The van der Waals surface area contributed by atoms with Crippen molar-refractivity contribution in [3.05, 3.63) is 69.3 Å². The lowest BCUT2D eigenvalue weighted by atomic mass is 10.2. The molecule has 1 aliphatic rings. The molecular weight excluding hydrogens is 368 g/mol. The Kier molecular flexibility index (Phi) is 4.00. The molecule has 3 rings (SSSR count). The fourth-order valence-electron chi connectivity index (χ4n) is 2.15. The van der Waals surface area contributed by atoms with E-state index in [1.807, 2.05) is 24.3 Å². The monoisotopic (exact) mass is 376 g/mol. The number of imide groups is 1. The molecule has 0 unspecified atom stereocenters. The van der Waals surface area contributed by atoms with Crippen molar-refractivity contribution in [3.8, 4) is 0 Å². The second-order valence-electron chi connectivity index (χ2n) is 4.66. The van der Waals surface area contributed by atoms with Gasteiger partial charge in [-0.3, -0.25) is 4.79 Å². The second kappa shape index (κ2) is 5.94. The van der Waals surface area contributed by atoms with Crippen molar-refractivity contribution in [1.82, 2.24) is 5.32 Å². The lowest BCUT2D eigenvalue weighted by molar-refractivity contribution is -0.113. The summed E-state index contributed by atoms with van der Waals surface area (Å²) in [6.07, 6.45) is 1.63. The maximum atomic E-state index is 12.4. The Hall–Kier alpha value is -2.11. The van der Waals surface area contributed by atoms with Gasteiger partial charge in [0.15, 0.2) is 0 Å². The molecule has 1 heterocycles. The third kappa shape index (κ3) is 2.91. The summed E-state index contributed by atoms with van der Waals surface area (Å²) in [4.78, 5) is 25.6. The van der Waals surface area contributed by atoms with Crippen molar-refractivity contribution in [1.29, 1.82) is 0 Å². The molecule has 1 fully saturated rings. The average Bonchev–Trinajstić information content (AvgIpc) is 2.73. The standard InChI is InChI=1S/C16H10BrClN2O2/c17-11-4-1-3-10(7-11)8-14-15(21)20(16(22)19-14)13-6-2-5-12(18)9-13/h1-9H,(H,19,22)/b14-8+. The van der Waals surface area contributed by atoms with Crippen LogP contribution in [0.15, 0.2) is 58.7 Å². The Morgan fingerprint density at radius 2 is 1.86 bits per heavy atom. The summed E-state index contributed by atoms with van der Waals surface area (Å²) < 4.78 is 0.894. The number of rotatable bonds is 2. The molecular formula is C16H10BrClN2O2. The third-order valence-electron chi connectivity index (χ3n) is 3.10. The maximum absolute atomic E-state index is 12.4. The zero-order valence-corrected chi connectivity index (χ0v) is 13.6. The summed E-state index contributed by atoms with van der Waals surface area (Å²) in [7, 11) is 0. The molecule has 6 heteroatoms. The molecule has 0 bridgehead atoms. The van der Waals surface area contributed by atoms with Crippen molar-refractivity contribution in [3.63, 3.8) is 0 Å². The van der Waals surface area contributed by atoms with Gasteiger partial charge in [-0.2, -0.15) is 0 Å². The number of urea groups is 1. The number of halogens is 2. The molecule has 0 spiro atoms. The van der Waals surface area contributed by atoms with Gasteiger partial charge in [0.1, 0.15) is 5.70 Å². The van der Waals surface area contributed by atoms with Gasteiger partial charge in [0.2, 0.25) is 0 Å². The Morgan fingerprint density at radius 1 is 1.09 bits per heavy atom. The van der Waals surface area contributed by atoms with Gasteiger partial charge in [0, 0.05) is 9.50 Å². The van der Waals surface area contributed by atoms with Crippen LogP contribution in [0.1, 0.15) is 5.56 Å². The zero-order valence-electron chi connectivity index (χ0n) is 11.2. The lowest BCUT2D eigenvalue weighted by Crippen LogP contribution is -2.30. The predicted octanol–water partition coefficient (Wildman–Crippen LogP) is 4.20. The Morgan fingerprint density at radius 3 is 2.59 bits per heavy atom. The molecule has 1 saturated heterocycles. The van der Waals surface area contributed by atoms with Crippen LogP contribution in [0.2, 0.25) is 5.02 Å². The van der Waals surface area contributed by atoms with E-state index in [1.165, 1.54) is 0 Å². The Bertz CT molecular complexity index is 804. The van der Waals surface area contributed by atoms with Gasteiger partial charge in [-0.15, -0.1) is 0 Å². The predicted molar refractivity (Wildman–Crippen MR) is 89.6 cm³/mol. The molecule has 3 amide bonds. The largest absolute Gasteiger partial charge is 0.333 e. The zero-order chi connectivity index (χ0) is 15.7. The summed E-state index contributed by atoms with van der Waals surface area (Å²) in [6.45, 7) is 0. The topological polar surface area (TPSA) is 49.4 Å². The number of carbonyl (C=O) groups excluding carboxylic acids is 2. The van der Waals surface area contributed by atoms with Crippen LogP contribution in [-0.4, -0.2) is 11.9 Å². The third-order valence-corrected chi connectivity index (χ3v) is 3.83. The number of amides is 3. The van der Waals surface area contributed by atoms with Gasteiger partial charge in [-0.25, -0.2) is 9.69 Å². The number of anilines is 1. The molecule has 22 heavy (non-hydrogen) atoms. The van der Waals surface area contributed by atoms with Crippen LogP contribution in [-0.2, 0) is 4.79 Å². The molecule has 110 valence electrons. The van der Waals surface area contributed by atoms with Gasteiger partial charge in [-0.1, -0.05) is 45.7 Å². The molecule has 0 aromatic heterocycles. The molecule has 2 aromatic carbocycles.